The second-order valence-electron chi connectivity index (χ2n) is 11.2. The summed E-state index contributed by atoms with van der Waals surface area (Å²) in [6, 6.07) is 9.58. The molecule has 6 rings (SSSR count). The van der Waals surface area contributed by atoms with Gasteiger partial charge in [-0.25, -0.2) is 9.78 Å². The number of nitrogens with zero attached hydrogens (tertiary/aromatic N) is 5. The highest BCUT2D eigenvalue weighted by atomic mass is 35.5. The number of aryl methyl sites for hydroxylation is 2. The van der Waals surface area contributed by atoms with Crippen LogP contribution in [-0.4, -0.2) is 61.7 Å². The summed E-state index contributed by atoms with van der Waals surface area (Å²) in [7, 11) is 0. The highest BCUT2D eigenvalue weighted by molar-refractivity contribution is 7.99. The molecule has 0 radical (unpaired) electrons. The van der Waals surface area contributed by atoms with E-state index in [1.54, 1.807) is 36.9 Å². The predicted octanol–water partition coefficient (Wildman–Crippen LogP) is 7.16. The van der Waals surface area contributed by atoms with Crippen molar-refractivity contribution in [3.63, 3.8) is 0 Å². The number of hydrogen-bond acceptors (Lipinski definition) is 9. The molecular weight excluding hydrogens is 687 g/mol. The first-order valence-corrected chi connectivity index (χ1v) is 17.2. The fourth-order valence-corrected chi connectivity index (χ4v) is 8.05. The number of benzene rings is 2. The molecule has 4 heterocycles. The lowest BCUT2D eigenvalue weighted by molar-refractivity contribution is -0.138. The van der Waals surface area contributed by atoms with Crippen LogP contribution in [-0.2, 0) is 19.3 Å². The van der Waals surface area contributed by atoms with E-state index >= 15 is 0 Å². The topological polar surface area (TPSA) is 121 Å². The fourth-order valence-electron chi connectivity index (χ4n) is 5.89. The van der Waals surface area contributed by atoms with Gasteiger partial charge in [-0.05, 0) is 49.7 Å². The number of nitriles is 1. The summed E-state index contributed by atoms with van der Waals surface area (Å²) in [4.78, 5) is 36.3. The van der Waals surface area contributed by atoms with Crippen molar-refractivity contribution in [3.05, 3.63) is 84.9 Å². The van der Waals surface area contributed by atoms with Gasteiger partial charge in [-0.1, -0.05) is 11.6 Å². The number of thioether (sulfide) groups is 1. The highest BCUT2D eigenvalue weighted by Crippen LogP contribution is 2.41. The number of fused-ring (bicyclic) bond motifs is 2. The van der Waals surface area contributed by atoms with Gasteiger partial charge >= 0.3 is 12.1 Å². The van der Waals surface area contributed by atoms with E-state index < -0.39 is 23.3 Å². The Morgan fingerprint density at radius 2 is 1.90 bits per heavy atom. The van der Waals surface area contributed by atoms with Crippen LogP contribution >= 0.6 is 34.7 Å². The van der Waals surface area contributed by atoms with Crippen molar-refractivity contribution in [3.8, 4) is 22.9 Å². The second-order valence-corrected chi connectivity index (χ2v) is 13.8. The number of aromatic nitrogens is 3. The molecule has 0 bridgehead atoms. The van der Waals surface area contributed by atoms with E-state index in [1.807, 2.05) is 17.0 Å². The zero-order valence-electron chi connectivity index (χ0n) is 25.7. The third-order valence-corrected chi connectivity index (χ3v) is 10.3. The van der Waals surface area contributed by atoms with Gasteiger partial charge in [0.2, 0.25) is 0 Å². The summed E-state index contributed by atoms with van der Waals surface area (Å²) in [5.41, 5.74) is -0.0492. The van der Waals surface area contributed by atoms with Gasteiger partial charge in [-0.3, -0.25) is 19.2 Å². The summed E-state index contributed by atoms with van der Waals surface area (Å²) >= 11 is 9.31. The molecular formula is C33H27ClF3N5O4S2. The molecule has 9 nitrogen and oxygen atoms in total. The molecule has 15 heteroatoms. The molecule has 0 saturated carbocycles. The molecule has 1 aliphatic rings. The third-order valence-electron chi connectivity index (χ3n) is 8.13. The number of carbonyl (C=O) groups is 1. The molecule has 48 heavy (non-hydrogen) atoms. The molecule has 248 valence electrons. The molecule has 3 aromatic heterocycles. The maximum atomic E-state index is 14.3. The Bertz CT molecular complexity index is 2190. The molecule has 0 unspecified atom stereocenters. The summed E-state index contributed by atoms with van der Waals surface area (Å²) in [5.74, 6) is 1.01. The Hall–Kier alpha value is -4.16. The Labute approximate surface area is 285 Å². The van der Waals surface area contributed by atoms with Gasteiger partial charge in [0.25, 0.3) is 5.56 Å². The molecule has 1 saturated heterocycles. The van der Waals surface area contributed by atoms with Gasteiger partial charge in [0.05, 0.1) is 44.4 Å². The largest absolute Gasteiger partial charge is 0.491 e. The number of carboxylic acid groups (broad SMARTS) is 1. The Morgan fingerprint density at radius 3 is 2.58 bits per heavy atom. The van der Waals surface area contributed by atoms with E-state index in [1.165, 1.54) is 28.2 Å². The number of rotatable bonds is 8. The van der Waals surface area contributed by atoms with Crippen molar-refractivity contribution < 1.29 is 27.8 Å². The van der Waals surface area contributed by atoms with Crippen molar-refractivity contribution in [1.82, 2.24) is 19.4 Å². The van der Waals surface area contributed by atoms with E-state index in [-0.39, 0.29) is 53.1 Å². The smallest absolute Gasteiger partial charge is 0.416 e. The van der Waals surface area contributed by atoms with Crippen LogP contribution in [0.3, 0.4) is 0 Å². The van der Waals surface area contributed by atoms with Crippen LogP contribution in [0.25, 0.3) is 32.2 Å². The van der Waals surface area contributed by atoms with E-state index in [9.17, 15) is 33.1 Å². The number of ether oxygens (including phenoxy) is 1. The molecule has 0 atom stereocenters. The zero-order valence-corrected chi connectivity index (χ0v) is 28.0. The number of halogens is 4. The predicted molar refractivity (Wildman–Crippen MR) is 180 cm³/mol. The van der Waals surface area contributed by atoms with Crippen LogP contribution < -0.4 is 10.3 Å². The third kappa shape index (κ3) is 6.47. The maximum Gasteiger partial charge on any atom is 0.416 e. The van der Waals surface area contributed by atoms with Crippen LogP contribution in [0.15, 0.2) is 40.5 Å². The zero-order chi connectivity index (χ0) is 34.3. The minimum absolute atomic E-state index is 0.0206. The minimum atomic E-state index is -4.74. The van der Waals surface area contributed by atoms with Crippen LogP contribution in [0, 0.1) is 25.2 Å². The van der Waals surface area contributed by atoms with Crippen molar-refractivity contribution in [2.24, 2.45) is 0 Å². The van der Waals surface area contributed by atoms with Crippen molar-refractivity contribution in [2.45, 2.75) is 33.1 Å². The van der Waals surface area contributed by atoms with Crippen molar-refractivity contribution in [1.29, 1.82) is 5.26 Å². The number of pyridine rings is 1. The first-order chi connectivity index (χ1) is 22.9. The average Bonchev–Trinajstić information content (AvgIpc) is 3.47. The van der Waals surface area contributed by atoms with Gasteiger partial charge in [0.15, 0.2) is 0 Å². The van der Waals surface area contributed by atoms with Crippen LogP contribution in [0.5, 0.6) is 5.75 Å². The van der Waals surface area contributed by atoms with E-state index in [4.69, 9.17) is 16.3 Å². The number of alkyl halides is 3. The first-order valence-electron chi connectivity index (χ1n) is 14.8. The molecule has 1 fully saturated rings. The van der Waals surface area contributed by atoms with Gasteiger partial charge in [-0.15, -0.1) is 11.3 Å². The molecule has 1 N–H and O–H groups in total. The number of hydrogen-bond donors (Lipinski definition) is 1. The number of aromatic carboxylic acids is 1. The van der Waals surface area contributed by atoms with Gasteiger partial charge < -0.3 is 9.84 Å². The lowest BCUT2D eigenvalue weighted by atomic mass is 9.96. The SMILES string of the molecule is Cc1cc(-c2cc(Cl)ccc2OCCn2c(C)nc3cc(C(F)(F)F)c(CN4CCSCC4)c(C#N)c3c2=O)c2scc(C(=O)O)c2n1. The van der Waals surface area contributed by atoms with Crippen LogP contribution in [0.1, 0.15) is 38.6 Å². The number of thiophene rings is 1. The summed E-state index contributed by atoms with van der Waals surface area (Å²) in [5, 5.41) is 21.6. The molecule has 0 aliphatic carbocycles. The summed E-state index contributed by atoms with van der Waals surface area (Å²) < 4.78 is 50.9. The molecule has 5 aromatic rings. The average molecular weight is 714 g/mol. The van der Waals surface area contributed by atoms with E-state index in [2.05, 4.69) is 9.97 Å². The number of carboxylic acids is 1. The van der Waals surface area contributed by atoms with Crippen molar-refractivity contribution in [2.75, 3.05) is 31.2 Å². The molecule has 2 aromatic carbocycles. The van der Waals surface area contributed by atoms with Crippen LogP contribution in [0.4, 0.5) is 13.2 Å². The maximum absolute atomic E-state index is 14.3. The van der Waals surface area contributed by atoms with Crippen molar-refractivity contribution >= 4 is 61.8 Å². The van der Waals surface area contributed by atoms with Crippen LogP contribution in [0.2, 0.25) is 5.02 Å². The van der Waals surface area contributed by atoms with Gasteiger partial charge in [0.1, 0.15) is 24.3 Å². The second kappa shape index (κ2) is 13.4. The first kappa shape index (κ1) is 33.7. The molecule has 0 spiro atoms. The normalized spacial score (nSPS) is 14.0. The molecule has 1 aliphatic heterocycles. The summed E-state index contributed by atoms with van der Waals surface area (Å²) in [6.45, 7) is 4.24. The monoisotopic (exact) mass is 713 g/mol. The van der Waals surface area contributed by atoms with Gasteiger partial charge in [0, 0.05) is 58.4 Å². The quantitative estimate of drug-likeness (QED) is 0.179. The lowest BCUT2D eigenvalue weighted by Gasteiger charge is -2.28. The molecule has 0 amide bonds. The van der Waals surface area contributed by atoms with E-state index in [0.29, 0.717) is 50.9 Å². The Balaban J connectivity index is 1.37. The highest BCUT2D eigenvalue weighted by Gasteiger charge is 2.37. The lowest BCUT2D eigenvalue weighted by Crippen LogP contribution is -2.33. The van der Waals surface area contributed by atoms with E-state index in [0.717, 1.165) is 17.6 Å². The minimum Gasteiger partial charge on any atom is -0.491 e. The Morgan fingerprint density at radius 1 is 1.15 bits per heavy atom. The standard InChI is InChI=1S/C33H27ClF3N5O4S2/c1-17-11-21(30-29(39-17)24(16-48-30)32(44)45)20-12-19(34)3-4-27(20)46-8-5-42-18(2)40-26-13-25(33(35,36)37)23(15-41-6-9-47-10-7-41)22(14-38)28(26)31(42)43/h3-4,11-13,16H,5-10,15H2,1-2H3,(H,44,45). The Kier molecular flexibility index (Phi) is 9.41. The fraction of sp³-hybridized carbons (Fsp3) is 0.303. The van der Waals surface area contributed by atoms with Gasteiger partial charge in [-0.2, -0.15) is 30.2 Å². The summed E-state index contributed by atoms with van der Waals surface area (Å²) in [6.07, 6.45) is -4.74.